The highest BCUT2D eigenvalue weighted by atomic mass is 16.6. The molecule has 4 rings (SSSR count). The van der Waals surface area contributed by atoms with E-state index in [9.17, 15) is 9.59 Å². The van der Waals surface area contributed by atoms with Crippen LogP contribution in [0.1, 0.15) is 23.6 Å². The fourth-order valence-electron chi connectivity index (χ4n) is 3.87. The van der Waals surface area contributed by atoms with Crippen LogP contribution in [0.5, 0.6) is 0 Å². The van der Waals surface area contributed by atoms with Crippen molar-refractivity contribution in [1.82, 2.24) is 4.90 Å². The van der Waals surface area contributed by atoms with Gasteiger partial charge < -0.3 is 4.74 Å². The third-order valence-corrected chi connectivity index (χ3v) is 5.05. The maximum Gasteiger partial charge on any atom is 0.419 e. The van der Waals surface area contributed by atoms with E-state index in [1.165, 1.54) is 0 Å². The maximum atomic E-state index is 12.8. The van der Waals surface area contributed by atoms with Gasteiger partial charge in [-0.2, -0.15) is 0 Å². The maximum absolute atomic E-state index is 12.8. The Bertz CT molecular complexity index is 858. The van der Waals surface area contributed by atoms with Crippen molar-refractivity contribution in [2.75, 3.05) is 0 Å². The molecule has 3 aromatic rings. The first kappa shape index (κ1) is 17.0. The number of esters is 1. The molecule has 0 spiro atoms. The predicted octanol–water partition coefficient (Wildman–Crippen LogP) is 4.35. The number of nitrogens with zero attached hydrogens (tertiary/aromatic N) is 1. The number of hydrogen-bond donors (Lipinski definition) is 0. The third kappa shape index (κ3) is 2.61. The molecule has 1 aliphatic heterocycles. The first-order valence-corrected chi connectivity index (χ1v) is 8.87. The van der Waals surface area contributed by atoms with E-state index in [-0.39, 0.29) is 0 Å². The van der Waals surface area contributed by atoms with E-state index < -0.39 is 23.6 Å². The fraction of sp³-hybridized carbons (Fsp3) is 0.130. The standard InChI is InChI=1S/C23H19NO3/c1-17-21(25)27-22(26)24(17)23(18-11-5-2-6-12-18,19-13-7-3-8-14-19)20-15-9-4-10-16-20/h2-17H,1H3. The van der Waals surface area contributed by atoms with E-state index in [1.807, 2.05) is 91.0 Å². The summed E-state index contributed by atoms with van der Waals surface area (Å²) in [7, 11) is 0. The molecule has 1 saturated heterocycles. The molecule has 1 aliphatic rings. The zero-order chi connectivity index (χ0) is 18.9. The molecule has 134 valence electrons. The molecule has 0 saturated carbocycles. The van der Waals surface area contributed by atoms with Gasteiger partial charge in [-0.05, 0) is 23.6 Å². The van der Waals surface area contributed by atoms with E-state index in [2.05, 4.69) is 0 Å². The molecule has 1 heterocycles. The van der Waals surface area contributed by atoms with Crippen LogP contribution in [0.3, 0.4) is 0 Å². The lowest BCUT2D eigenvalue weighted by Crippen LogP contribution is -2.52. The van der Waals surface area contributed by atoms with Gasteiger partial charge in [-0.1, -0.05) is 91.0 Å². The Kier molecular flexibility index (Phi) is 4.24. The smallest absolute Gasteiger partial charge is 0.375 e. The molecule has 3 aromatic carbocycles. The van der Waals surface area contributed by atoms with Crippen LogP contribution in [-0.2, 0) is 15.1 Å². The van der Waals surface area contributed by atoms with E-state index in [0.717, 1.165) is 16.7 Å². The number of hydrogen-bond acceptors (Lipinski definition) is 3. The van der Waals surface area contributed by atoms with Crippen LogP contribution in [0.2, 0.25) is 0 Å². The number of amides is 1. The minimum absolute atomic E-state index is 0.535. The molecule has 0 aromatic heterocycles. The first-order valence-electron chi connectivity index (χ1n) is 8.87. The topological polar surface area (TPSA) is 46.6 Å². The Labute approximate surface area is 158 Å². The summed E-state index contributed by atoms with van der Waals surface area (Å²) in [5.74, 6) is -0.535. The van der Waals surface area contributed by atoms with Crippen LogP contribution in [0.15, 0.2) is 91.0 Å². The lowest BCUT2D eigenvalue weighted by molar-refractivity contribution is -0.135. The Morgan fingerprint density at radius 2 is 1.07 bits per heavy atom. The van der Waals surface area contributed by atoms with E-state index in [4.69, 9.17) is 4.74 Å². The molecule has 0 radical (unpaired) electrons. The average molecular weight is 357 g/mol. The molecular formula is C23H19NO3. The van der Waals surface area contributed by atoms with Gasteiger partial charge in [-0.25, -0.2) is 9.59 Å². The second-order valence-electron chi connectivity index (χ2n) is 6.54. The summed E-state index contributed by atoms with van der Waals surface area (Å²) < 4.78 is 5.00. The minimum Gasteiger partial charge on any atom is -0.375 e. The van der Waals surface area contributed by atoms with Crippen LogP contribution in [0, 0.1) is 0 Å². The Morgan fingerprint density at radius 3 is 1.37 bits per heavy atom. The van der Waals surface area contributed by atoms with Gasteiger partial charge >= 0.3 is 12.1 Å². The highest BCUT2D eigenvalue weighted by Crippen LogP contribution is 2.45. The molecule has 1 atom stereocenters. The first-order chi connectivity index (χ1) is 13.2. The highest BCUT2D eigenvalue weighted by Gasteiger charge is 2.53. The van der Waals surface area contributed by atoms with Gasteiger partial charge in [0.05, 0.1) is 0 Å². The van der Waals surface area contributed by atoms with Gasteiger partial charge in [0.1, 0.15) is 11.6 Å². The molecule has 0 aliphatic carbocycles. The van der Waals surface area contributed by atoms with Crippen molar-refractivity contribution in [2.45, 2.75) is 18.5 Å². The van der Waals surface area contributed by atoms with Crippen molar-refractivity contribution in [2.24, 2.45) is 0 Å². The zero-order valence-corrected chi connectivity index (χ0v) is 14.9. The van der Waals surface area contributed by atoms with Crippen LogP contribution >= 0.6 is 0 Å². The zero-order valence-electron chi connectivity index (χ0n) is 14.9. The van der Waals surface area contributed by atoms with Crippen LogP contribution in [-0.4, -0.2) is 23.0 Å². The molecule has 1 unspecified atom stereocenters. The molecule has 1 amide bonds. The normalized spacial score (nSPS) is 17.1. The summed E-state index contributed by atoms with van der Waals surface area (Å²) in [5.41, 5.74) is 1.69. The quantitative estimate of drug-likeness (QED) is 0.396. The summed E-state index contributed by atoms with van der Waals surface area (Å²) in [6.07, 6.45) is -0.635. The SMILES string of the molecule is CC1C(=O)OC(=O)N1C(c1ccccc1)(c1ccccc1)c1ccccc1. The average Bonchev–Trinajstić information content (AvgIpc) is 2.98. The van der Waals surface area contributed by atoms with Gasteiger partial charge in [0.2, 0.25) is 0 Å². The summed E-state index contributed by atoms with van der Waals surface area (Å²) >= 11 is 0. The van der Waals surface area contributed by atoms with E-state index in [1.54, 1.807) is 11.8 Å². The molecule has 4 heteroatoms. The molecule has 4 nitrogen and oxygen atoms in total. The molecule has 0 bridgehead atoms. The van der Waals surface area contributed by atoms with Gasteiger partial charge in [0, 0.05) is 0 Å². The number of carbonyl (C=O) groups excluding carboxylic acids is 2. The van der Waals surface area contributed by atoms with Crippen molar-refractivity contribution in [3.63, 3.8) is 0 Å². The van der Waals surface area contributed by atoms with Crippen molar-refractivity contribution >= 4 is 12.1 Å². The van der Waals surface area contributed by atoms with Crippen molar-refractivity contribution in [1.29, 1.82) is 0 Å². The number of benzene rings is 3. The van der Waals surface area contributed by atoms with Gasteiger partial charge in [0.15, 0.2) is 0 Å². The highest BCUT2D eigenvalue weighted by molar-refractivity contribution is 5.96. The number of carbonyl (C=O) groups is 2. The lowest BCUT2D eigenvalue weighted by Gasteiger charge is -2.43. The number of cyclic esters (lactones) is 2. The number of rotatable bonds is 4. The van der Waals surface area contributed by atoms with Crippen molar-refractivity contribution in [3.05, 3.63) is 108 Å². The van der Waals surface area contributed by atoms with E-state index >= 15 is 0 Å². The largest absolute Gasteiger partial charge is 0.419 e. The minimum atomic E-state index is -0.980. The molecule has 27 heavy (non-hydrogen) atoms. The monoisotopic (exact) mass is 357 g/mol. The third-order valence-electron chi connectivity index (χ3n) is 5.05. The lowest BCUT2D eigenvalue weighted by atomic mass is 9.75. The predicted molar refractivity (Wildman–Crippen MR) is 102 cm³/mol. The fourth-order valence-corrected chi connectivity index (χ4v) is 3.87. The van der Waals surface area contributed by atoms with Crippen LogP contribution in [0.25, 0.3) is 0 Å². The van der Waals surface area contributed by atoms with Crippen molar-refractivity contribution in [3.8, 4) is 0 Å². The second-order valence-corrected chi connectivity index (χ2v) is 6.54. The van der Waals surface area contributed by atoms with Gasteiger partial charge in [-0.3, -0.25) is 4.90 Å². The number of ether oxygens (including phenoxy) is 1. The van der Waals surface area contributed by atoms with Crippen LogP contribution < -0.4 is 0 Å². The van der Waals surface area contributed by atoms with Gasteiger partial charge in [-0.15, -0.1) is 0 Å². The Balaban J connectivity index is 2.10. The Morgan fingerprint density at radius 1 is 0.704 bits per heavy atom. The molecular weight excluding hydrogens is 338 g/mol. The van der Waals surface area contributed by atoms with Gasteiger partial charge in [0.25, 0.3) is 0 Å². The second kappa shape index (κ2) is 6.72. The summed E-state index contributed by atoms with van der Waals surface area (Å²) in [4.78, 5) is 26.6. The summed E-state index contributed by atoms with van der Waals surface area (Å²) in [5, 5.41) is 0. The van der Waals surface area contributed by atoms with E-state index in [0.29, 0.717) is 0 Å². The van der Waals surface area contributed by atoms with Crippen molar-refractivity contribution < 1.29 is 14.3 Å². The molecule has 0 N–H and O–H groups in total. The molecule has 1 fully saturated rings. The Hall–Kier alpha value is -3.40. The summed E-state index contributed by atoms with van der Waals surface area (Å²) in [6.45, 7) is 1.71. The van der Waals surface area contributed by atoms with Crippen LogP contribution in [0.4, 0.5) is 4.79 Å². The summed E-state index contributed by atoms with van der Waals surface area (Å²) in [6, 6.07) is 28.5.